The highest BCUT2D eigenvalue weighted by atomic mass is 32.1. The molecule has 4 nitrogen and oxygen atoms in total. The maximum Gasteiger partial charge on any atom is 0.115 e. The van der Waals surface area contributed by atoms with Crippen LogP contribution in [0.15, 0.2) is 6.20 Å². The first kappa shape index (κ1) is 12.3. The van der Waals surface area contributed by atoms with Gasteiger partial charge in [-0.1, -0.05) is 0 Å². The molecular weight excluding hydrogens is 232 g/mol. The lowest BCUT2D eigenvalue weighted by Crippen LogP contribution is -2.08. The monoisotopic (exact) mass is 250 g/mol. The van der Waals surface area contributed by atoms with Gasteiger partial charge in [-0.05, 0) is 27.8 Å². The summed E-state index contributed by atoms with van der Waals surface area (Å²) in [5, 5.41) is 8.69. The Hall–Kier alpha value is -1.20. The molecule has 2 aromatic heterocycles. The number of rotatable bonds is 4. The molecule has 0 aromatic carbocycles. The summed E-state index contributed by atoms with van der Waals surface area (Å²) in [6.07, 6.45) is 1.93. The van der Waals surface area contributed by atoms with Gasteiger partial charge in [0.15, 0.2) is 0 Å². The number of thiazole rings is 1. The second-order valence-corrected chi connectivity index (χ2v) is 5.48. The van der Waals surface area contributed by atoms with Crippen LogP contribution in [-0.2, 0) is 13.1 Å². The van der Waals surface area contributed by atoms with Gasteiger partial charge in [0.25, 0.3) is 0 Å². The van der Waals surface area contributed by atoms with Crippen LogP contribution in [0.1, 0.15) is 26.8 Å². The van der Waals surface area contributed by atoms with Gasteiger partial charge < -0.3 is 5.32 Å². The van der Waals surface area contributed by atoms with Crippen LogP contribution in [-0.4, -0.2) is 21.8 Å². The molecule has 17 heavy (non-hydrogen) atoms. The molecule has 0 aliphatic carbocycles. The summed E-state index contributed by atoms with van der Waals surface area (Å²) < 4.78 is 2.02. The van der Waals surface area contributed by atoms with Crippen LogP contribution in [0.3, 0.4) is 0 Å². The van der Waals surface area contributed by atoms with Crippen LogP contribution in [0.2, 0.25) is 0 Å². The lowest BCUT2D eigenvalue weighted by molar-refractivity contribution is 0.658. The molecule has 2 heterocycles. The molecule has 0 aliphatic heterocycles. The van der Waals surface area contributed by atoms with Gasteiger partial charge in [-0.15, -0.1) is 11.3 Å². The Kier molecular flexibility index (Phi) is 3.59. The molecule has 0 atom stereocenters. The van der Waals surface area contributed by atoms with Crippen molar-refractivity contribution in [1.82, 2.24) is 20.1 Å². The summed E-state index contributed by atoms with van der Waals surface area (Å²) in [5.41, 5.74) is 3.59. The van der Waals surface area contributed by atoms with E-state index in [2.05, 4.69) is 36.2 Å². The van der Waals surface area contributed by atoms with E-state index in [1.54, 1.807) is 11.3 Å². The van der Waals surface area contributed by atoms with E-state index in [0.29, 0.717) is 0 Å². The van der Waals surface area contributed by atoms with Crippen LogP contribution < -0.4 is 5.32 Å². The third-order valence-corrected chi connectivity index (χ3v) is 3.99. The van der Waals surface area contributed by atoms with Gasteiger partial charge >= 0.3 is 0 Å². The van der Waals surface area contributed by atoms with E-state index in [-0.39, 0.29) is 0 Å². The second-order valence-electron chi connectivity index (χ2n) is 4.19. The summed E-state index contributed by atoms with van der Waals surface area (Å²) in [4.78, 5) is 5.84. The zero-order chi connectivity index (χ0) is 12.4. The molecule has 0 spiro atoms. The third kappa shape index (κ3) is 2.56. The average Bonchev–Trinajstić information content (AvgIpc) is 2.77. The van der Waals surface area contributed by atoms with Crippen LogP contribution in [0.4, 0.5) is 0 Å². The van der Waals surface area contributed by atoms with E-state index in [0.717, 1.165) is 23.8 Å². The molecule has 0 unspecified atom stereocenters. The highest BCUT2D eigenvalue weighted by molar-refractivity contribution is 7.11. The number of aromatic nitrogens is 3. The molecule has 5 heteroatoms. The zero-order valence-electron chi connectivity index (χ0n) is 10.7. The first-order valence-corrected chi connectivity index (χ1v) is 6.52. The summed E-state index contributed by atoms with van der Waals surface area (Å²) >= 11 is 1.75. The van der Waals surface area contributed by atoms with Crippen LogP contribution >= 0.6 is 11.3 Å². The molecule has 0 amide bonds. The predicted octanol–water partition coefficient (Wildman–Crippen LogP) is 2.03. The maximum absolute atomic E-state index is 4.54. The Labute approximate surface area is 106 Å². The maximum atomic E-state index is 4.54. The summed E-state index contributed by atoms with van der Waals surface area (Å²) in [6, 6.07) is 0. The molecule has 0 aliphatic rings. The van der Waals surface area contributed by atoms with Crippen LogP contribution in [0.5, 0.6) is 0 Å². The largest absolute Gasteiger partial charge is 0.316 e. The Morgan fingerprint density at radius 2 is 2.12 bits per heavy atom. The summed E-state index contributed by atoms with van der Waals surface area (Å²) in [7, 11) is 1.95. The van der Waals surface area contributed by atoms with Crippen molar-refractivity contribution in [2.45, 2.75) is 33.9 Å². The lowest BCUT2D eigenvalue weighted by Gasteiger charge is -2.03. The van der Waals surface area contributed by atoms with Gasteiger partial charge in [-0.25, -0.2) is 4.98 Å². The van der Waals surface area contributed by atoms with E-state index in [4.69, 9.17) is 0 Å². The molecule has 0 saturated carbocycles. The molecule has 0 radical (unpaired) electrons. The average molecular weight is 250 g/mol. The number of nitrogens with one attached hydrogen (secondary N) is 1. The smallest absolute Gasteiger partial charge is 0.115 e. The topological polar surface area (TPSA) is 42.7 Å². The zero-order valence-corrected chi connectivity index (χ0v) is 11.6. The highest BCUT2D eigenvalue weighted by Gasteiger charge is 2.09. The molecule has 0 fully saturated rings. The fourth-order valence-electron chi connectivity index (χ4n) is 1.74. The molecule has 92 valence electrons. The molecular formula is C12H18N4S. The summed E-state index contributed by atoms with van der Waals surface area (Å²) in [6.45, 7) is 7.90. The Bertz CT molecular complexity index is 493. The lowest BCUT2D eigenvalue weighted by atomic mass is 10.2. The van der Waals surface area contributed by atoms with E-state index < -0.39 is 0 Å². The normalized spacial score (nSPS) is 11.1. The molecule has 2 rings (SSSR count). The number of aryl methyl sites for hydroxylation is 2. The van der Waals surface area contributed by atoms with Gasteiger partial charge in [0, 0.05) is 22.7 Å². The van der Waals surface area contributed by atoms with Gasteiger partial charge in [-0.2, -0.15) is 5.10 Å². The van der Waals surface area contributed by atoms with Crippen molar-refractivity contribution < 1.29 is 0 Å². The van der Waals surface area contributed by atoms with Gasteiger partial charge in [0.05, 0.1) is 18.4 Å². The summed E-state index contributed by atoms with van der Waals surface area (Å²) in [5.74, 6) is 0. The SMILES string of the molecule is CNCc1cnn(Cc2nc(C)c(C)s2)c1C. The van der Waals surface area contributed by atoms with Crippen molar-refractivity contribution in [2.24, 2.45) is 0 Å². The van der Waals surface area contributed by atoms with Crippen molar-refractivity contribution in [2.75, 3.05) is 7.05 Å². The minimum Gasteiger partial charge on any atom is -0.316 e. The predicted molar refractivity (Wildman–Crippen MR) is 70.4 cm³/mol. The van der Waals surface area contributed by atoms with E-state index in [1.807, 2.05) is 17.9 Å². The van der Waals surface area contributed by atoms with Crippen molar-refractivity contribution in [3.05, 3.63) is 33.0 Å². The first-order chi connectivity index (χ1) is 8.11. The van der Waals surface area contributed by atoms with Crippen molar-refractivity contribution in [3.63, 3.8) is 0 Å². The second kappa shape index (κ2) is 4.98. The quantitative estimate of drug-likeness (QED) is 0.903. The van der Waals surface area contributed by atoms with E-state index >= 15 is 0 Å². The van der Waals surface area contributed by atoms with Crippen molar-refractivity contribution >= 4 is 11.3 Å². The van der Waals surface area contributed by atoms with E-state index in [1.165, 1.54) is 16.1 Å². The van der Waals surface area contributed by atoms with Crippen molar-refractivity contribution in [1.29, 1.82) is 0 Å². The Balaban J connectivity index is 2.18. The minimum absolute atomic E-state index is 0.773. The number of nitrogens with zero attached hydrogens (tertiary/aromatic N) is 3. The van der Waals surface area contributed by atoms with Crippen LogP contribution in [0.25, 0.3) is 0 Å². The third-order valence-electron chi connectivity index (χ3n) is 2.93. The molecule has 1 N–H and O–H groups in total. The number of hydrogen-bond acceptors (Lipinski definition) is 4. The van der Waals surface area contributed by atoms with Crippen LogP contribution in [0, 0.1) is 20.8 Å². The molecule has 2 aromatic rings. The molecule has 0 bridgehead atoms. The Morgan fingerprint density at radius 3 is 2.71 bits per heavy atom. The van der Waals surface area contributed by atoms with Gasteiger partial charge in [0.1, 0.15) is 5.01 Å². The highest BCUT2D eigenvalue weighted by Crippen LogP contribution is 2.18. The van der Waals surface area contributed by atoms with E-state index in [9.17, 15) is 0 Å². The van der Waals surface area contributed by atoms with Gasteiger partial charge in [0.2, 0.25) is 0 Å². The molecule has 0 saturated heterocycles. The Morgan fingerprint density at radius 1 is 1.35 bits per heavy atom. The van der Waals surface area contributed by atoms with Crippen molar-refractivity contribution in [3.8, 4) is 0 Å². The fraction of sp³-hybridized carbons (Fsp3) is 0.500. The number of hydrogen-bond donors (Lipinski definition) is 1. The van der Waals surface area contributed by atoms with Gasteiger partial charge in [-0.3, -0.25) is 4.68 Å². The standard InChI is InChI=1S/C12H18N4S/c1-8-10(3)17-12(15-8)7-16-9(2)11(5-13-4)6-14-16/h6,13H,5,7H2,1-4H3. The minimum atomic E-state index is 0.773. The fourth-order valence-corrected chi connectivity index (χ4v) is 2.66. The first-order valence-electron chi connectivity index (χ1n) is 5.70.